The molecule has 0 saturated carbocycles. The summed E-state index contributed by atoms with van der Waals surface area (Å²) in [6.07, 6.45) is 6.22. The quantitative estimate of drug-likeness (QED) is 0.226. The summed E-state index contributed by atoms with van der Waals surface area (Å²) in [6.45, 7) is 11.1. The van der Waals surface area contributed by atoms with Crippen molar-refractivity contribution in [1.82, 2.24) is 19.9 Å². The molecule has 0 unspecified atom stereocenters. The van der Waals surface area contributed by atoms with Crippen LogP contribution >= 0.6 is 0 Å². The van der Waals surface area contributed by atoms with Gasteiger partial charge >= 0.3 is 0 Å². The van der Waals surface area contributed by atoms with Gasteiger partial charge in [-0.3, -0.25) is 14.7 Å². The molecule has 2 aliphatic rings. The lowest BCUT2D eigenvalue weighted by Crippen LogP contribution is -2.54. The number of ketones is 1. The van der Waals surface area contributed by atoms with Crippen LogP contribution in [0.2, 0.25) is 0 Å². The average Bonchev–Trinajstić information content (AvgIpc) is 3.00. The van der Waals surface area contributed by atoms with Gasteiger partial charge in [-0.15, -0.1) is 0 Å². The fourth-order valence-electron chi connectivity index (χ4n) is 5.68. The molecule has 1 N–H and O–H groups in total. The summed E-state index contributed by atoms with van der Waals surface area (Å²) >= 11 is 0. The van der Waals surface area contributed by atoms with Gasteiger partial charge in [-0.25, -0.2) is 9.97 Å². The van der Waals surface area contributed by atoms with Gasteiger partial charge < -0.3 is 19.7 Å². The van der Waals surface area contributed by atoms with E-state index in [4.69, 9.17) is 9.47 Å². The number of benzene rings is 1. The van der Waals surface area contributed by atoms with Crippen LogP contribution in [0, 0.1) is 12.8 Å². The molecule has 43 heavy (non-hydrogen) atoms. The van der Waals surface area contributed by atoms with E-state index in [2.05, 4.69) is 36.1 Å². The molecule has 9 nitrogen and oxygen atoms in total. The standard InChI is InChI=1S/C34H40N6O3/c1-23(2)34(41)29-20-27(7-6-24(29)3)42-18-17-39-15-11-26(12-16-39)43-28-21-40(22-28)25-10-14-36-33(19-25)38-32-9-8-30-31(37-32)5-4-13-35-30/h4-10,13-14,19-20,23,26,28H,11-12,15-18,21-22H2,1-3H3,(H,36,37,38). The molecule has 9 heteroatoms. The molecule has 0 atom stereocenters. The lowest BCUT2D eigenvalue weighted by molar-refractivity contribution is -0.0534. The number of ether oxygens (including phenoxy) is 2. The number of piperidine rings is 1. The summed E-state index contributed by atoms with van der Waals surface area (Å²) in [7, 11) is 0. The van der Waals surface area contributed by atoms with Gasteiger partial charge in [0.15, 0.2) is 5.78 Å². The van der Waals surface area contributed by atoms with Gasteiger partial charge in [-0.2, -0.15) is 0 Å². The molecule has 0 spiro atoms. The summed E-state index contributed by atoms with van der Waals surface area (Å²) in [5.74, 6) is 2.41. The van der Waals surface area contributed by atoms with E-state index in [0.717, 1.165) is 90.8 Å². The Labute approximate surface area is 253 Å². The van der Waals surface area contributed by atoms with Crippen LogP contribution in [0.5, 0.6) is 5.75 Å². The Morgan fingerprint density at radius 1 is 0.953 bits per heavy atom. The highest BCUT2D eigenvalue weighted by molar-refractivity contribution is 5.99. The molecule has 4 aromatic rings. The van der Waals surface area contributed by atoms with Crippen LogP contribution in [-0.4, -0.2) is 77.2 Å². The summed E-state index contributed by atoms with van der Waals surface area (Å²) in [6, 6.07) is 17.7. The molecule has 0 bridgehead atoms. The van der Waals surface area contributed by atoms with Crippen molar-refractivity contribution in [1.29, 1.82) is 0 Å². The lowest BCUT2D eigenvalue weighted by atomic mass is 9.97. The number of likely N-dealkylation sites (tertiary alicyclic amines) is 1. The number of nitrogens with zero attached hydrogens (tertiary/aromatic N) is 5. The molecule has 2 fully saturated rings. The first-order chi connectivity index (χ1) is 20.9. The minimum atomic E-state index is -0.0241. The maximum absolute atomic E-state index is 12.5. The molecule has 2 aliphatic heterocycles. The molecule has 0 radical (unpaired) electrons. The third kappa shape index (κ3) is 7.12. The molecule has 224 valence electrons. The fourth-order valence-corrected chi connectivity index (χ4v) is 5.68. The van der Waals surface area contributed by atoms with Crippen molar-refractivity contribution in [2.24, 2.45) is 5.92 Å². The van der Waals surface area contributed by atoms with Crippen molar-refractivity contribution in [2.75, 3.05) is 49.5 Å². The number of nitrogens with one attached hydrogen (secondary N) is 1. The highest BCUT2D eigenvalue weighted by Gasteiger charge is 2.31. The zero-order chi connectivity index (χ0) is 29.8. The normalized spacial score (nSPS) is 16.4. The van der Waals surface area contributed by atoms with Crippen LogP contribution in [0.25, 0.3) is 11.0 Å². The Hall–Kier alpha value is -4.08. The highest BCUT2D eigenvalue weighted by Crippen LogP contribution is 2.28. The minimum Gasteiger partial charge on any atom is -0.492 e. The van der Waals surface area contributed by atoms with E-state index in [-0.39, 0.29) is 17.8 Å². The van der Waals surface area contributed by atoms with Crippen LogP contribution in [0.15, 0.2) is 67.0 Å². The van der Waals surface area contributed by atoms with Gasteiger partial charge in [0.2, 0.25) is 0 Å². The number of rotatable bonds is 11. The predicted octanol–water partition coefficient (Wildman–Crippen LogP) is 5.66. The van der Waals surface area contributed by atoms with Crippen LogP contribution in [0.4, 0.5) is 17.3 Å². The number of carbonyl (C=O) groups excluding carboxylic acids is 1. The number of aryl methyl sites for hydroxylation is 1. The van der Waals surface area contributed by atoms with Crippen LogP contribution < -0.4 is 15.0 Å². The zero-order valence-corrected chi connectivity index (χ0v) is 25.2. The topological polar surface area (TPSA) is 92.7 Å². The number of pyridine rings is 3. The second-order valence-corrected chi connectivity index (χ2v) is 11.8. The van der Waals surface area contributed by atoms with Gasteiger partial charge in [-0.1, -0.05) is 19.9 Å². The van der Waals surface area contributed by atoms with Gasteiger partial charge in [0.1, 0.15) is 24.0 Å². The van der Waals surface area contributed by atoms with E-state index >= 15 is 0 Å². The number of hydrogen-bond acceptors (Lipinski definition) is 9. The first-order valence-electron chi connectivity index (χ1n) is 15.3. The maximum atomic E-state index is 12.5. The number of aromatic nitrogens is 3. The highest BCUT2D eigenvalue weighted by atomic mass is 16.5. The smallest absolute Gasteiger partial charge is 0.165 e. The molecule has 6 rings (SSSR count). The molecule has 1 aromatic carbocycles. The predicted molar refractivity (Wildman–Crippen MR) is 169 cm³/mol. The summed E-state index contributed by atoms with van der Waals surface area (Å²) < 4.78 is 12.5. The summed E-state index contributed by atoms with van der Waals surface area (Å²) in [5.41, 5.74) is 4.61. The number of hydrogen-bond donors (Lipinski definition) is 1. The Kier molecular flexibility index (Phi) is 8.81. The third-order valence-corrected chi connectivity index (χ3v) is 8.26. The SMILES string of the molecule is Cc1ccc(OCCN2CCC(OC3CN(c4ccnc(Nc5ccc6ncccc6n5)c4)C3)CC2)cc1C(=O)C(C)C. The Morgan fingerprint density at radius 3 is 2.60 bits per heavy atom. The maximum Gasteiger partial charge on any atom is 0.165 e. The van der Waals surface area contributed by atoms with E-state index in [1.807, 2.05) is 75.5 Å². The summed E-state index contributed by atoms with van der Waals surface area (Å²) in [4.78, 5) is 30.7. The van der Waals surface area contributed by atoms with Crippen molar-refractivity contribution in [3.05, 3.63) is 78.1 Å². The van der Waals surface area contributed by atoms with Gasteiger partial charge in [0.05, 0.1) is 23.2 Å². The second kappa shape index (κ2) is 13.1. The molecule has 5 heterocycles. The van der Waals surface area contributed by atoms with Crippen molar-refractivity contribution in [3.8, 4) is 5.75 Å². The second-order valence-electron chi connectivity index (χ2n) is 11.8. The van der Waals surface area contributed by atoms with E-state index in [9.17, 15) is 4.79 Å². The van der Waals surface area contributed by atoms with E-state index < -0.39 is 0 Å². The van der Waals surface area contributed by atoms with E-state index in [0.29, 0.717) is 12.7 Å². The first kappa shape index (κ1) is 29.0. The third-order valence-electron chi connectivity index (χ3n) is 8.26. The lowest BCUT2D eigenvalue weighted by Gasteiger charge is -2.43. The van der Waals surface area contributed by atoms with Gasteiger partial charge in [0.25, 0.3) is 0 Å². The Morgan fingerprint density at radius 2 is 1.79 bits per heavy atom. The van der Waals surface area contributed by atoms with Crippen molar-refractivity contribution in [3.63, 3.8) is 0 Å². The first-order valence-corrected chi connectivity index (χ1v) is 15.3. The Balaban J connectivity index is 0.912. The zero-order valence-electron chi connectivity index (χ0n) is 25.2. The van der Waals surface area contributed by atoms with E-state index in [1.54, 1.807) is 6.20 Å². The minimum absolute atomic E-state index is 0.0241. The molecule has 0 aliphatic carbocycles. The Bertz CT molecular complexity index is 1560. The molecule has 2 saturated heterocycles. The number of anilines is 3. The largest absolute Gasteiger partial charge is 0.492 e. The van der Waals surface area contributed by atoms with Crippen LogP contribution in [0.3, 0.4) is 0 Å². The van der Waals surface area contributed by atoms with E-state index in [1.165, 1.54) is 0 Å². The number of carbonyl (C=O) groups is 1. The summed E-state index contributed by atoms with van der Waals surface area (Å²) in [5, 5.41) is 3.32. The molecular weight excluding hydrogens is 540 g/mol. The average molecular weight is 581 g/mol. The monoisotopic (exact) mass is 580 g/mol. The van der Waals surface area contributed by atoms with Gasteiger partial charge in [-0.05, 0) is 67.8 Å². The molecule has 3 aromatic heterocycles. The van der Waals surface area contributed by atoms with Crippen molar-refractivity contribution in [2.45, 2.75) is 45.8 Å². The van der Waals surface area contributed by atoms with Crippen molar-refractivity contribution >= 4 is 34.1 Å². The van der Waals surface area contributed by atoms with Gasteiger partial charge in [0, 0.05) is 68.4 Å². The van der Waals surface area contributed by atoms with Crippen LogP contribution in [0.1, 0.15) is 42.6 Å². The molecule has 0 amide bonds. The van der Waals surface area contributed by atoms with Crippen LogP contribution in [-0.2, 0) is 4.74 Å². The fraction of sp³-hybridized carbons (Fsp3) is 0.412. The number of Topliss-reactive ketones (excluding diaryl/α,β-unsaturated/α-hetero) is 1. The number of fused-ring (bicyclic) bond motifs is 1. The molecular formula is C34H40N6O3. The van der Waals surface area contributed by atoms with Crippen molar-refractivity contribution < 1.29 is 14.3 Å².